The number of rotatable bonds is 3. The van der Waals surface area contributed by atoms with E-state index in [4.69, 9.17) is 10.5 Å². The first-order chi connectivity index (χ1) is 7.34. The second-order valence-electron chi connectivity index (χ2n) is 5.12. The Balaban J connectivity index is 1.36. The van der Waals surface area contributed by atoms with Crippen molar-refractivity contribution in [1.29, 1.82) is 0 Å². The van der Waals surface area contributed by atoms with Gasteiger partial charge in [-0.2, -0.15) is 0 Å². The first-order valence-corrected chi connectivity index (χ1v) is 6.12. The maximum absolute atomic E-state index is 5.92. The van der Waals surface area contributed by atoms with Crippen molar-refractivity contribution >= 4 is 0 Å². The summed E-state index contributed by atoms with van der Waals surface area (Å²) in [5.41, 5.74) is 5.92. The van der Waals surface area contributed by atoms with Gasteiger partial charge in [-0.3, -0.25) is 4.90 Å². The van der Waals surface area contributed by atoms with Crippen molar-refractivity contribution in [3.8, 4) is 0 Å². The van der Waals surface area contributed by atoms with E-state index in [0.29, 0.717) is 6.04 Å². The van der Waals surface area contributed by atoms with E-state index in [9.17, 15) is 0 Å². The minimum absolute atomic E-state index is 0.532. The summed E-state index contributed by atoms with van der Waals surface area (Å²) in [4.78, 5) is 5.08. The lowest BCUT2D eigenvalue weighted by Gasteiger charge is -2.29. The van der Waals surface area contributed by atoms with Crippen molar-refractivity contribution in [2.24, 2.45) is 17.6 Å². The molecular formula is C11H21N3O. The molecule has 2 aliphatic heterocycles. The highest BCUT2D eigenvalue weighted by molar-refractivity contribution is 5.08. The smallest absolute Gasteiger partial charge is 0.0594 e. The molecule has 0 radical (unpaired) electrons. The topological polar surface area (TPSA) is 41.7 Å². The standard InChI is InChI=1S/C11H21N3O/c12-11-9-7-14(8-10(9)11)2-1-13-3-5-15-6-4-13/h9-11H,1-8,12H2. The van der Waals surface area contributed by atoms with Crippen LogP contribution in [0.5, 0.6) is 0 Å². The minimum Gasteiger partial charge on any atom is -0.379 e. The van der Waals surface area contributed by atoms with E-state index in [-0.39, 0.29) is 0 Å². The molecule has 1 aliphatic carbocycles. The molecule has 1 saturated carbocycles. The minimum atomic E-state index is 0.532. The summed E-state index contributed by atoms with van der Waals surface area (Å²) >= 11 is 0. The van der Waals surface area contributed by atoms with Crippen molar-refractivity contribution in [1.82, 2.24) is 9.80 Å². The Kier molecular flexibility index (Phi) is 2.68. The molecule has 2 unspecified atom stereocenters. The molecule has 0 aromatic heterocycles. The lowest BCUT2D eigenvalue weighted by Crippen LogP contribution is -2.41. The number of fused-ring (bicyclic) bond motifs is 1. The molecule has 15 heavy (non-hydrogen) atoms. The predicted molar refractivity (Wildman–Crippen MR) is 58.7 cm³/mol. The molecule has 0 amide bonds. The zero-order valence-electron chi connectivity index (χ0n) is 9.27. The molecule has 2 saturated heterocycles. The van der Waals surface area contributed by atoms with Crippen LogP contribution in [0.2, 0.25) is 0 Å². The SMILES string of the molecule is NC1C2CN(CCN3CCOCC3)CC12. The first kappa shape index (κ1) is 10.0. The highest BCUT2D eigenvalue weighted by Crippen LogP contribution is 2.43. The van der Waals surface area contributed by atoms with E-state index in [1.54, 1.807) is 0 Å². The van der Waals surface area contributed by atoms with Gasteiger partial charge in [0.05, 0.1) is 13.2 Å². The number of likely N-dealkylation sites (tertiary alicyclic amines) is 1. The maximum Gasteiger partial charge on any atom is 0.0594 e. The fourth-order valence-electron chi connectivity index (χ4n) is 2.95. The van der Waals surface area contributed by atoms with E-state index < -0.39 is 0 Å². The molecule has 2 N–H and O–H groups in total. The number of ether oxygens (including phenoxy) is 1. The maximum atomic E-state index is 5.92. The van der Waals surface area contributed by atoms with Crippen LogP contribution in [-0.2, 0) is 4.74 Å². The Morgan fingerprint density at radius 3 is 2.27 bits per heavy atom. The second kappa shape index (κ2) is 4.01. The molecule has 3 aliphatic rings. The van der Waals surface area contributed by atoms with E-state index in [0.717, 1.165) is 38.1 Å². The van der Waals surface area contributed by atoms with Crippen LogP contribution in [0.15, 0.2) is 0 Å². The van der Waals surface area contributed by atoms with Gasteiger partial charge in [-0.25, -0.2) is 0 Å². The molecule has 0 aromatic rings. The third-order valence-electron chi connectivity index (χ3n) is 4.17. The monoisotopic (exact) mass is 211 g/mol. The molecule has 2 atom stereocenters. The van der Waals surface area contributed by atoms with Crippen molar-refractivity contribution < 1.29 is 4.74 Å². The van der Waals surface area contributed by atoms with E-state index in [1.807, 2.05) is 0 Å². The van der Waals surface area contributed by atoms with E-state index in [2.05, 4.69) is 9.80 Å². The number of hydrogen-bond donors (Lipinski definition) is 1. The van der Waals surface area contributed by atoms with Crippen molar-refractivity contribution in [3.05, 3.63) is 0 Å². The van der Waals surface area contributed by atoms with Crippen molar-refractivity contribution in [3.63, 3.8) is 0 Å². The van der Waals surface area contributed by atoms with Gasteiger partial charge in [0.2, 0.25) is 0 Å². The Labute approximate surface area is 91.3 Å². The first-order valence-electron chi connectivity index (χ1n) is 6.12. The molecule has 0 bridgehead atoms. The highest BCUT2D eigenvalue weighted by atomic mass is 16.5. The van der Waals surface area contributed by atoms with Crippen LogP contribution in [0.4, 0.5) is 0 Å². The van der Waals surface area contributed by atoms with Crippen LogP contribution in [0, 0.1) is 11.8 Å². The number of morpholine rings is 1. The summed E-state index contributed by atoms with van der Waals surface area (Å²) < 4.78 is 5.34. The van der Waals surface area contributed by atoms with Crippen LogP contribution < -0.4 is 5.73 Å². The molecule has 86 valence electrons. The van der Waals surface area contributed by atoms with Gasteiger partial charge in [0.1, 0.15) is 0 Å². The fraction of sp³-hybridized carbons (Fsp3) is 1.00. The lowest BCUT2D eigenvalue weighted by atomic mass is 10.3. The average Bonchev–Trinajstić information content (AvgIpc) is 2.74. The summed E-state index contributed by atoms with van der Waals surface area (Å²) in [6, 6.07) is 0.532. The van der Waals surface area contributed by atoms with Crippen molar-refractivity contribution in [2.45, 2.75) is 6.04 Å². The number of hydrogen-bond acceptors (Lipinski definition) is 4. The highest BCUT2D eigenvalue weighted by Gasteiger charge is 2.53. The third-order valence-corrected chi connectivity index (χ3v) is 4.17. The predicted octanol–water partition coefficient (Wildman–Crippen LogP) is -0.792. The van der Waals surface area contributed by atoms with Crippen LogP contribution in [0.1, 0.15) is 0 Å². The third kappa shape index (κ3) is 2.04. The molecule has 3 fully saturated rings. The Hall–Kier alpha value is -0.160. The Morgan fingerprint density at radius 2 is 1.60 bits per heavy atom. The number of nitrogens with zero attached hydrogens (tertiary/aromatic N) is 2. The molecular weight excluding hydrogens is 190 g/mol. The van der Waals surface area contributed by atoms with Gasteiger partial charge in [0.15, 0.2) is 0 Å². The van der Waals surface area contributed by atoms with Crippen LogP contribution in [0.3, 0.4) is 0 Å². The second-order valence-corrected chi connectivity index (χ2v) is 5.12. The van der Waals surface area contributed by atoms with E-state index in [1.165, 1.54) is 26.2 Å². The van der Waals surface area contributed by atoms with Crippen LogP contribution in [0.25, 0.3) is 0 Å². The largest absolute Gasteiger partial charge is 0.379 e. The quantitative estimate of drug-likeness (QED) is 0.664. The molecule has 3 rings (SSSR count). The lowest BCUT2D eigenvalue weighted by molar-refractivity contribution is 0.0339. The zero-order chi connectivity index (χ0) is 10.3. The molecule has 2 heterocycles. The van der Waals surface area contributed by atoms with Gasteiger partial charge in [-0.05, 0) is 11.8 Å². The molecule has 4 nitrogen and oxygen atoms in total. The molecule has 0 spiro atoms. The Morgan fingerprint density at radius 1 is 1.00 bits per heavy atom. The van der Waals surface area contributed by atoms with Crippen molar-refractivity contribution in [2.75, 3.05) is 52.5 Å². The van der Waals surface area contributed by atoms with Crippen LogP contribution >= 0.6 is 0 Å². The van der Waals surface area contributed by atoms with Gasteiger partial charge >= 0.3 is 0 Å². The summed E-state index contributed by atoms with van der Waals surface area (Å²) in [5, 5.41) is 0. The van der Waals surface area contributed by atoms with Crippen LogP contribution in [-0.4, -0.2) is 68.3 Å². The summed E-state index contributed by atoms with van der Waals surface area (Å²) in [7, 11) is 0. The van der Waals surface area contributed by atoms with Gasteiger partial charge in [0, 0.05) is 45.3 Å². The number of piperidine rings is 1. The normalized spacial score (nSPS) is 41.8. The summed E-state index contributed by atoms with van der Waals surface area (Å²) in [6.07, 6.45) is 0. The average molecular weight is 211 g/mol. The fourth-order valence-corrected chi connectivity index (χ4v) is 2.95. The van der Waals surface area contributed by atoms with E-state index >= 15 is 0 Å². The summed E-state index contributed by atoms with van der Waals surface area (Å²) in [6.45, 7) is 8.97. The summed E-state index contributed by atoms with van der Waals surface area (Å²) in [5.74, 6) is 1.66. The molecule has 0 aromatic carbocycles. The Bertz CT molecular complexity index is 218. The van der Waals surface area contributed by atoms with Gasteiger partial charge in [-0.1, -0.05) is 0 Å². The van der Waals surface area contributed by atoms with Gasteiger partial charge in [0.25, 0.3) is 0 Å². The molecule has 4 heteroatoms. The zero-order valence-corrected chi connectivity index (χ0v) is 9.27. The van der Waals surface area contributed by atoms with Gasteiger partial charge < -0.3 is 15.4 Å². The number of nitrogens with two attached hydrogens (primary N) is 1. The van der Waals surface area contributed by atoms with Gasteiger partial charge in [-0.15, -0.1) is 0 Å².